The SMILES string of the molecule is O=C(NC1=C(c2ccc(-c3ccc(C4(C(=O)O)CC4)cc3)cc2)c2ccccc2C1)OCc1ccccc1. The van der Waals surface area contributed by atoms with Gasteiger partial charge in [0.15, 0.2) is 0 Å². The molecule has 0 bridgehead atoms. The second kappa shape index (κ2) is 9.67. The standard InChI is InChI=1S/C33H27NO4/c35-31(36)33(18-19-33)27-16-14-24(15-17-27)23-10-12-25(13-11-23)30-28-9-5-4-8-26(28)20-29(30)34-32(37)38-21-22-6-2-1-3-7-22/h1-17H,18-21H2,(H,34,37)(H,35,36). The van der Waals surface area contributed by atoms with Gasteiger partial charge in [0, 0.05) is 17.7 Å². The number of fused-ring (bicyclic) bond motifs is 1. The second-order valence-corrected chi connectivity index (χ2v) is 9.92. The molecular weight excluding hydrogens is 474 g/mol. The molecule has 0 heterocycles. The molecule has 5 heteroatoms. The molecule has 4 aromatic rings. The molecule has 0 atom stereocenters. The number of alkyl carbamates (subject to hydrolysis) is 1. The number of carboxylic acids is 1. The van der Waals surface area contributed by atoms with Crippen molar-refractivity contribution in [2.24, 2.45) is 0 Å². The largest absolute Gasteiger partial charge is 0.481 e. The van der Waals surface area contributed by atoms with E-state index >= 15 is 0 Å². The van der Waals surface area contributed by atoms with Crippen LogP contribution in [-0.2, 0) is 28.0 Å². The zero-order valence-corrected chi connectivity index (χ0v) is 20.8. The van der Waals surface area contributed by atoms with E-state index in [4.69, 9.17) is 4.74 Å². The average Bonchev–Trinajstić information content (AvgIpc) is 3.69. The fraction of sp³-hybridized carbons (Fsp3) is 0.152. The van der Waals surface area contributed by atoms with Gasteiger partial charge >= 0.3 is 12.1 Å². The Labute approximate surface area is 221 Å². The number of nitrogens with one attached hydrogen (secondary N) is 1. The molecule has 0 unspecified atom stereocenters. The maximum absolute atomic E-state index is 12.7. The van der Waals surface area contributed by atoms with Crippen LogP contribution in [0.15, 0.2) is 109 Å². The smallest absolute Gasteiger partial charge is 0.411 e. The molecule has 2 N–H and O–H groups in total. The number of amides is 1. The molecule has 188 valence electrons. The van der Waals surface area contributed by atoms with Gasteiger partial charge in [-0.25, -0.2) is 4.79 Å². The maximum Gasteiger partial charge on any atom is 0.411 e. The van der Waals surface area contributed by atoms with E-state index in [9.17, 15) is 14.7 Å². The minimum atomic E-state index is -0.743. The predicted molar refractivity (Wildman–Crippen MR) is 146 cm³/mol. The van der Waals surface area contributed by atoms with Gasteiger partial charge in [0.05, 0.1) is 5.41 Å². The Kier molecular flexibility index (Phi) is 6.04. The lowest BCUT2D eigenvalue weighted by Crippen LogP contribution is -2.24. The first-order valence-corrected chi connectivity index (χ1v) is 12.8. The minimum absolute atomic E-state index is 0.212. The van der Waals surface area contributed by atoms with Gasteiger partial charge in [-0.1, -0.05) is 103 Å². The lowest BCUT2D eigenvalue weighted by atomic mass is 9.93. The Hall–Kier alpha value is -4.64. The van der Waals surface area contributed by atoms with Gasteiger partial charge < -0.3 is 9.84 Å². The molecule has 2 aliphatic rings. The number of hydrogen-bond acceptors (Lipinski definition) is 3. The van der Waals surface area contributed by atoms with Crippen molar-refractivity contribution in [2.45, 2.75) is 31.3 Å². The van der Waals surface area contributed by atoms with E-state index in [0.29, 0.717) is 19.3 Å². The molecule has 1 saturated carbocycles. The van der Waals surface area contributed by atoms with E-state index in [-0.39, 0.29) is 6.61 Å². The number of rotatable bonds is 7. The van der Waals surface area contributed by atoms with Crippen molar-refractivity contribution in [3.05, 3.63) is 137 Å². The van der Waals surface area contributed by atoms with Crippen molar-refractivity contribution in [2.75, 3.05) is 0 Å². The van der Waals surface area contributed by atoms with E-state index < -0.39 is 17.5 Å². The topological polar surface area (TPSA) is 75.6 Å². The molecule has 2 aliphatic carbocycles. The third kappa shape index (κ3) is 4.48. The van der Waals surface area contributed by atoms with Crippen LogP contribution in [0.2, 0.25) is 0 Å². The summed E-state index contributed by atoms with van der Waals surface area (Å²) < 4.78 is 5.48. The van der Waals surface area contributed by atoms with E-state index in [0.717, 1.165) is 50.2 Å². The number of hydrogen-bond donors (Lipinski definition) is 2. The summed E-state index contributed by atoms with van der Waals surface area (Å²) in [6.45, 7) is 0.212. The molecular formula is C33H27NO4. The van der Waals surface area contributed by atoms with Crippen LogP contribution < -0.4 is 5.32 Å². The van der Waals surface area contributed by atoms with Gasteiger partial charge in [-0.05, 0) is 51.8 Å². The Morgan fingerprint density at radius 3 is 2.03 bits per heavy atom. The van der Waals surface area contributed by atoms with E-state index in [1.54, 1.807) is 0 Å². The molecule has 38 heavy (non-hydrogen) atoms. The van der Waals surface area contributed by atoms with E-state index in [2.05, 4.69) is 41.7 Å². The lowest BCUT2D eigenvalue weighted by Gasteiger charge is -2.13. The van der Waals surface area contributed by atoms with Gasteiger partial charge in [0.25, 0.3) is 0 Å². The molecule has 4 aromatic carbocycles. The molecule has 0 aromatic heterocycles. The summed E-state index contributed by atoms with van der Waals surface area (Å²) in [5, 5.41) is 12.6. The van der Waals surface area contributed by atoms with Crippen LogP contribution in [0.4, 0.5) is 4.79 Å². The summed E-state index contributed by atoms with van der Waals surface area (Å²) in [4.78, 5) is 24.3. The number of ether oxygens (including phenoxy) is 1. The molecule has 0 aliphatic heterocycles. The first-order chi connectivity index (χ1) is 18.5. The highest BCUT2D eigenvalue weighted by molar-refractivity contribution is 5.90. The van der Waals surface area contributed by atoms with Gasteiger partial charge in [-0.2, -0.15) is 0 Å². The maximum atomic E-state index is 12.7. The Balaban J connectivity index is 1.24. The van der Waals surface area contributed by atoms with Crippen LogP contribution in [0.3, 0.4) is 0 Å². The summed E-state index contributed by atoms with van der Waals surface area (Å²) in [7, 11) is 0. The summed E-state index contributed by atoms with van der Waals surface area (Å²) in [6.07, 6.45) is 1.55. The number of aliphatic carboxylic acids is 1. The van der Waals surface area contributed by atoms with Gasteiger partial charge in [-0.3, -0.25) is 10.1 Å². The monoisotopic (exact) mass is 501 g/mol. The second-order valence-electron chi connectivity index (χ2n) is 9.92. The highest BCUT2D eigenvalue weighted by Crippen LogP contribution is 2.48. The summed E-state index contributed by atoms with van der Waals surface area (Å²) in [5.41, 5.74) is 8.28. The minimum Gasteiger partial charge on any atom is -0.481 e. The fourth-order valence-corrected chi connectivity index (χ4v) is 5.24. The van der Waals surface area contributed by atoms with Crippen LogP contribution in [-0.4, -0.2) is 17.2 Å². The van der Waals surface area contributed by atoms with Crippen LogP contribution >= 0.6 is 0 Å². The number of allylic oxidation sites excluding steroid dienone is 1. The third-order valence-electron chi connectivity index (χ3n) is 7.53. The van der Waals surface area contributed by atoms with Gasteiger partial charge in [0.1, 0.15) is 6.61 Å². The zero-order chi connectivity index (χ0) is 26.1. The third-order valence-corrected chi connectivity index (χ3v) is 7.53. The van der Waals surface area contributed by atoms with Crippen molar-refractivity contribution in [1.82, 2.24) is 5.32 Å². The normalized spacial score (nSPS) is 15.1. The van der Waals surface area contributed by atoms with Gasteiger partial charge in [0.2, 0.25) is 0 Å². The Morgan fingerprint density at radius 1 is 0.763 bits per heavy atom. The van der Waals surface area contributed by atoms with Crippen molar-refractivity contribution in [3.63, 3.8) is 0 Å². The Morgan fingerprint density at radius 2 is 1.37 bits per heavy atom. The molecule has 5 nitrogen and oxygen atoms in total. The lowest BCUT2D eigenvalue weighted by molar-refractivity contribution is -0.140. The van der Waals surface area contributed by atoms with Gasteiger partial charge in [-0.15, -0.1) is 0 Å². The zero-order valence-electron chi connectivity index (χ0n) is 20.8. The molecule has 1 fully saturated rings. The van der Waals surface area contributed by atoms with Crippen molar-refractivity contribution in [3.8, 4) is 11.1 Å². The molecule has 0 spiro atoms. The molecule has 0 saturated heterocycles. The van der Waals surface area contributed by atoms with Crippen LogP contribution in [0.25, 0.3) is 16.7 Å². The summed E-state index contributed by atoms with van der Waals surface area (Å²) >= 11 is 0. The fourth-order valence-electron chi connectivity index (χ4n) is 5.24. The average molecular weight is 502 g/mol. The summed E-state index contributed by atoms with van der Waals surface area (Å²) in [6, 6.07) is 33.9. The Bertz CT molecular complexity index is 1530. The highest BCUT2D eigenvalue weighted by Gasteiger charge is 2.51. The van der Waals surface area contributed by atoms with Crippen molar-refractivity contribution >= 4 is 17.6 Å². The highest BCUT2D eigenvalue weighted by atomic mass is 16.5. The van der Waals surface area contributed by atoms with E-state index in [1.807, 2.05) is 66.7 Å². The van der Waals surface area contributed by atoms with Crippen LogP contribution in [0.5, 0.6) is 0 Å². The number of carbonyl (C=O) groups excluding carboxylic acids is 1. The number of carboxylic acid groups (broad SMARTS) is 1. The van der Waals surface area contributed by atoms with Crippen molar-refractivity contribution in [1.29, 1.82) is 0 Å². The number of carbonyl (C=O) groups is 2. The van der Waals surface area contributed by atoms with Crippen LogP contribution in [0, 0.1) is 0 Å². The molecule has 1 amide bonds. The summed E-state index contributed by atoms with van der Waals surface area (Å²) in [5.74, 6) is -0.743. The predicted octanol–water partition coefficient (Wildman–Crippen LogP) is 6.71. The molecule has 6 rings (SSSR count). The first kappa shape index (κ1) is 23.7. The quantitative estimate of drug-likeness (QED) is 0.295. The molecule has 0 radical (unpaired) electrons. The van der Waals surface area contributed by atoms with E-state index in [1.165, 1.54) is 0 Å². The van der Waals surface area contributed by atoms with Crippen LogP contribution in [0.1, 0.15) is 40.7 Å². The van der Waals surface area contributed by atoms with Crippen molar-refractivity contribution < 1.29 is 19.4 Å². The number of benzene rings is 4. The first-order valence-electron chi connectivity index (χ1n) is 12.8.